The maximum Gasteiger partial charge on any atom is 0.416 e. The number of amides is 2. The highest BCUT2D eigenvalue weighted by Gasteiger charge is 2.32. The van der Waals surface area contributed by atoms with Crippen molar-refractivity contribution >= 4 is 17.4 Å². The summed E-state index contributed by atoms with van der Waals surface area (Å²) in [7, 11) is 1.46. The summed E-state index contributed by atoms with van der Waals surface area (Å²) in [6.07, 6.45) is -3.47. The van der Waals surface area contributed by atoms with Crippen molar-refractivity contribution < 1.29 is 32.5 Å². The number of aliphatic hydroxyl groups is 1. The van der Waals surface area contributed by atoms with Crippen LogP contribution in [0.15, 0.2) is 18.2 Å². The van der Waals surface area contributed by atoms with Crippen molar-refractivity contribution in [2.24, 2.45) is 0 Å². The molecule has 176 valence electrons. The molecule has 0 spiro atoms. The molecule has 1 aromatic rings. The lowest BCUT2D eigenvalue weighted by atomic mass is 10.1. The molecule has 1 aromatic carbocycles. The van der Waals surface area contributed by atoms with Crippen LogP contribution < -0.4 is 10.2 Å². The van der Waals surface area contributed by atoms with Crippen LogP contribution >= 0.6 is 0 Å². The van der Waals surface area contributed by atoms with Crippen LogP contribution in [-0.2, 0) is 15.7 Å². The van der Waals surface area contributed by atoms with E-state index in [0.717, 1.165) is 38.1 Å². The number of carbonyl (C=O) groups excluding carboxylic acids is 1. The van der Waals surface area contributed by atoms with Crippen molar-refractivity contribution in [1.29, 1.82) is 0 Å². The summed E-state index contributed by atoms with van der Waals surface area (Å²) in [5.74, 6) is 0. The third-order valence-corrected chi connectivity index (χ3v) is 4.83. The number of hydrogen-bond acceptors (Lipinski definition) is 5. The Hall–Kier alpha value is -2.04. The smallest absolute Gasteiger partial charge is 0.389 e. The average Bonchev–Trinajstić information content (AvgIpc) is 3.21. The van der Waals surface area contributed by atoms with E-state index in [4.69, 9.17) is 9.47 Å². The molecule has 1 aliphatic rings. The van der Waals surface area contributed by atoms with E-state index in [0.29, 0.717) is 18.9 Å². The molecule has 1 saturated heterocycles. The molecule has 0 bridgehead atoms. The first-order valence-corrected chi connectivity index (χ1v) is 10.4. The van der Waals surface area contributed by atoms with E-state index in [9.17, 15) is 23.1 Å². The van der Waals surface area contributed by atoms with Gasteiger partial charge in [0, 0.05) is 20.1 Å². The number of aliphatic hydroxyl groups excluding tert-OH is 1. The van der Waals surface area contributed by atoms with Crippen molar-refractivity contribution in [2.75, 3.05) is 56.7 Å². The Morgan fingerprint density at radius 2 is 1.94 bits per heavy atom. The second-order valence-corrected chi connectivity index (χ2v) is 7.88. The number of urea groups is 1. The Morgan fingerprint density at radius 3 is 2.55 bits per heavy atom. The van der Waals surface area contributed by atoms with Gasteiger partial charge in [0.2, 0.25) is 0 Å². The molecule has 7 nitrogen and oxygen atoms in total. The van der Waals surface area contributed by atoms with Gasteiger partial charge in [-0.05, 0) is 44.9 Å². The summed E-state index contributed by atoms with van der Waals surface area (Å²) < 4.78 is 50.2. The highest BCUT2D eigenvalue weighted by molar-refractivity contribution is 5.93. The Bertz CT molecular complexity index is 710. The predicted octanol–water partition coefficient (Wildman–Crippen LogP) is 3.57. The second kappa shape index (κ2) is 11.5. The van der Waals surface area contributed by atoms with Crippen molar-refractivity contribution in [1.82, 2.24) is 4.90 Å². The van der Waals surface area contributed by atoms with Gasteiger partial charge < -0.3 is 29.7 Å². The maximum absolute atomic E-state index is 13.2. The van der Waals surface area contributed by atoms with Crippen LogP contribution in [0.4, 0.5) is 29.3 Å². The number of rotatable bonds is 10. The van der Waals surface area contributed by atoms with E-state index in [2.05, 4.69) is 5.32 Å². The van der Waals surface area contributed by atoms with Crippen LogP contribution in [0.1, 0.15) is 32.3 Å². The Balaban J connectivity index is 1.96. The van der Waals surface area contributed by atoms with Gasteiger partial charge in [-0.15, -0.1) is 0 Å². The topological polar surface area (TPSA) is 74.3 Å². The normalized spacial score (nSPS) is 15.4. The molecule has 31 heavy (non-hydrogen) atoms. The molecule has 2 amide bonds. The van der Waals surface area contributed by atoms with E-state index in [-0.39, 0.29) is 24.9 Å². The first kappa shape index (κ1) is 25.2. The van der Waals surface area contributed by atoms with E-state index in [1.807, 2.05) is 18.7 Å². The van der Waals surface area contributed by atoms with Crippen molar-refractivity contribution in [3.63, 3.8) is 0 Å². The summed E-state index contributed by atoms with van der Waals surface area (Å²) in [6.45, 7) is 5.95. The number of benzene rings is 1. The number of hydrogen-bond donors (Lipinski definition) is 2. The molecule has 2 N–H and O–H groups in total. The lowest BCUT2D eigenvalue weighted by Crippen LogP contribution is -2.39. The molecule has 0 aromatic heterocycles. The molecule has 1 aliphatic heterocycles. The predicted molar refractivity (Wildman–Crippen MR) is 112 cm³/mol. The largest absolute Gasteiger partial charge is 0.416 e. The van der Waals surface area contributed by atoms with Gasteiger partial charge >= 0.3 is 12.2 Å². The van der Waals surface area contributed by atoms with Crippen molar-refractivity contribution in [2.45, 2.75) is 45.1 Å². The third kappa shape index (κ3) is 8.19. The molecule has 2 rings (SSSR count). The lowest BCUT2D eigenvalue weighted by molar-refractivity contribution is -0.137. The maximum atomic E-state index is 13.2. The average molecular weight is 447 g/mol. The van der Waals surface area contributed by atoms with Crippen molar-refractivity contribution in [3.05, 3.63) is 23.8 Å². The first-order chi connectivity index (χ1) is 14.6. The third-order valence-electron chi connectivity index (χ3n) is 4.83. The minimum atomic E-state index is -4.51. The zero-order chi connectivity index (χ0) is 23.0. The summed E-state index contributed by atoms with van der Waals surface area (Å²) >= 11 is 0. The number of nitrogens with zero attached hydrogens (tertiary/aromatic N) is 2. The number of anilines is 2. The van der Waals surface area contributed by atoms with E-state index >= 15 is 0 Å². The fourth-order valence-corrected chi connectivity index (χ4v) is 3.27. The first-order valence-electron chi connectivity index (χ1n) is 10.4. The number of carbonyl (C=O) groups is 1. The minimum Gasteiger partial charge on any atom is -0.389 e. The number of likely N-dealkylation sites (N-methyl/N-ethyl adjacent to an activating group) is 1. The highest BCUT2D eigenvalue weighted by atomic mass is 19.4. The Morgan fingerprint density at radius 1 is 1.26 bits per heavy atom. The molecule has 1 atom stereocenters. The summed E-state index contributed by atoms with van der Waals surface area (Å²) in [6, 6.07) is 2.76. The van der Waals surface area contributed by atoms with E-state index in [1.54, 1.807) is 0 Å². The van der Waals surface area contributed by atoms with Crippen LogP contribution in [0.5, 0.6) is 0 Å². The highest BCUT2D eigenvalue weighted by Crippen LogP contribution is 2.36. The number of alkyl halides is 3. The van der Waals surface area contributed by atoms with Crippen LogP contribution in [0, 0.1) is 0 Å². The quantitative estimate of drug-likeness (QED) is 0.537. The molecule has 10 heteroatoms. The standard InChI is InChI=1S/C21H32F3N3O4/c1-15(2)31-11-10-30-14-17(28)13-26(3)20(29)25-18-12-16(21(22,23)24)6-7-19(18)27-8-4-5-9-27/h6-7,12,15,17,28H,4-5,8-11,13-14H2,1-3H3,(H,25,29). The summed E-state index contributed by atoms with van der Waals surface area (Å²) in [4.78, 5) is 15.7. The van der Waals surface area contributed by atoms with Crippen LogP contribution in [0.25, 0.3) is 0 Å². The van der Waals surface area contributed by atoms with E-state index < -0.39 is 23.9 Å². The van der Waals surface area contributed by atoms with Gasteiger partial charge in [0.1, 0.15) is 0 Å². The zero-order valence-corrected chi connectivity index (χ0v) is 18.2. The molecule has 0 aliphatic carbocycles. The molecule has 1 fully saturated rings. The van der Waals surface area contributed by atoms with Gasteiger partial charge in [-0.25, -0.2) is 4.79 Å². The fraction of sp³-hybridized carbons (Fsp3) is 0.667. The van der Waals surface area contributed by atoms with Gasteiger partial charge in [-0.1, -0.05) is 0 Å². The van der Waals surface area contributed by atoms with Crippen molar-refractivity contribution in [3.8, 4) is 0 Å². The molecule has 1 unspecified atom stereocenters. The molecular weight excluding hydrogens is 415 g/mol. The van der Waals surface area contributed by atoms with Crippen LogP contribution in [-0.4, -0.2) is 74.7 Å². The van der Waals surface area contributed by atoms with Gasteiger partial charge in [-0.2, -0.15) is 13.2 Å². The fourth-order valence-electron chi connectivity index (χ4n) is 3.27. The Labute approximate surface area is 181 Å². The molecule has 0 radical (unpaired) electrons. The number of ether oxygens (including phenoxy) is 2. The molecule has 0 saturated carbocycles. The monoisotopic (exact) mass is 447 g/mol. The van der Waals surface area contributed by atoms with E-state index in [1.165, 1.54) is 18.0 Å². The van der Waals surface area contributed by atoms with Gasteiger partial charge in [0.05, 0.1) is 55.5 Å². The van der Waals surface area contributed by atoms with Crippen LogP contribution in [0.3, 0.4) is 0 Å². The SMILES string of the molecule is CC(C)OCCOCC(O)CN(C)C(=O)Nc1cc(C(F)(F)F)ccc1N1CCCC1. The van der Waals surface area contributed by atoms with Gasteiger partial charge in [0.25, 0.3) is 0 Å². The van der Waals surface area contributed by atoms with Gasteiger partial charge in [-0.3, -0.25) is 0 Å². The number of nitrogens with one attached hydrogen (secondary N) is 1. The zero-order valence-electron chi connectivity index (χ0n) is 18.2. The lowest BCUT2D eigenvalue weighted by Gasteiger charge is -2.25. The minimum absolute atomic E-state index is 0.0155. The number of halogens is 3. The summed E-state index contributed by atoms with van der Waals surface area (Å²) in [5.41, 5.74) is -0.170. The van der Waals surface area contributed by atoms with Crippen LogP contribution in [0.2, 0.25) is 0 Å². The second-order valence-electron chi connectivity index (χ2n) is 7.88. The molecular formula is C21H32F3N3O4. The molecule has 1 heterocycles. The Kier molecular flexibility index (Phi) is 9.39. The van der Waals surface area contributed by atoms with Gasteiger partial charge in [0.15, 0.2) is 0 Å². The summed E-state index contributed by atoms with van der Waals surface area (Å²) in [5, 5.41) is 12.6.